The number of aromatic nitrogens is 1. The molecule has 2 amide bonds. The van der Waals surface area contributed by atoms with Gasteiger partial charge in [0.05, 0.1) is 11.5 Å². The third-order valence-corrected chi connectivity index (χ3v) is 7.75. The maximum Gasteiger partial charge on any atom is 0.273 e. The van der Waals surface area contributed by atoms with E-state index in [1.165, 1.54) is 31.4 Å². The van der Waals surface area contributed by atoms with Gasteiger partial charge in [-0.25, -0.2) is 8.78 Å². The van der Waals surface area contributed by atoms with E-state index in [4.69, 9.17) is 4.52 Å². The summed E-state index contributed by atoms with van der Waals surface area (Å²) in [5, 5.41) is 9.95. The second kappa shape index (κ2) is 9.68. The van der Waals surface area contributed by atoms with E-state index in [1.54, 1.807) is 0 Å². The number of nitrogens with zero attached hydrogens (tertiary/aromatic N) is 2. The van der Waals surface area contributed by atoms with Crippen molar-refractivity contribution < 1.29 is 22.9 Å². The van der Waals surface area contributed by atoms with E-state index in [9.17, 15) is 18.4 Å². The Morgan fingerprint density at radius 1 is 1.11 bits per heavy atom. The van der Waals surface area contributed by atoms with Gasteiger partial charge in [-0.2, -0.15) is 0 Å². The average molecular weight is 487 g/mol. The van der Waals surface area contributed by atoms with Crippen LogP contribution in [0.3, 0.4) is 0 Å². The molecular weight excluding hydrogens is 454 g/mol. The van der Waals surface area contributed by atoms with Crippen molar-refractivity contribution in [3.8, 4) is 11.3 Å². The highest BCUT2D eigenvalue weighted by molar-refractivity contribution is 5.94. The molecule has 0 unspecified atom stereocenters. The molecule has 2 aliphatic carbocycles. The number of carbonyl (C=O) groups excluding carboxylic acids is 2. The molecule has 2 atom stereocenters. The van der Waals surface area contributed by atoms with Crippen molar-refractivity contribution in [1.82, 2.24) is 20.7 Å². The van der Waals surface area contributed by atoms with Gasteiger partial charge < -0.3 is 15.2 Å². The molecule has 9 heteroatoms. The van der Waals surface area contributed by atoms with Crippen LogP contribution in [-0.4, -0.2) is 52.6 Å². The Bertz CT molecular complexity index is 1090. The predicted molar refractivity (Wildman–Crippen MR) is 125 cm³/mol. The topological polar surface area (TPSA) is 87.5 Å². The number of piperidine rings is 1. The lowest BCUT2D eigenvalue weighted by Gasteiger charge is -2.43. The maximum atomic E-state index is 14.1. The van der Waals surface area contributed by atoms with Gasteiger partial charge >= 0.3 is 0 Å². The smallest absolute Gasteiger partial charge is 0.273 e. The number of hydrogen-bond donors (Lipinski definition) is 2. The molecule has 1 saturated heterocycles. The lowest BCUT2D eigenvalue weighted by atomic mass is 9.86. The van der Waals surface area contributed by atoms with Gasteiger partial charge in [-0.1, -0.05) is 24.4 Å². The van der Waals surface area contributed by atoms with Crippen molar-refractivity contribution in [3.05, 3.63) is 41.6 Å². The van der Waals surface area contributed by atoms with Crippen molar-refractivity contribution in [2.75, 3.05) is 13.1 Å². The van der Waals surface area contributed by atoms with Gasteiger partial charge in [0.2, 0.25) is 5.91 Å². The fourth-order valence-corrected chi connectivity index (χ4v) is 5.34. The molecule has 1 aliphatic heterocycles. The number of carbonyl (C=O) groups is 2. The Balaban J connectivity index is 1.29. The van der Waals surface area contributed by atoms with Crippen molar-refractivity contribution >= 4 is 11.8 Å². The summed E-state index contributed by atoms with van der Waals surface area (Å²) in [6.45, 7) is 3.48. The van der Waals surface area contributed by atoms with Crippen LogP contribution in [0.1, 0.15) is 68.8 Å². The first-order chi connectivity index (χ1) is 16.8. The fraction of sp³-hybridized carbons (Fsp3) is 0.577. The van der Waals surface area contributed by atoms with Crippen LogP contribution in [0.4, 0.5) is 8.78 Å². The molecule has 0 bridgehead atoms. The van der Waals surface area contributed by atoms with Crippen LogP contribution < -0.4 is 10.6 Å². The van der Waals surface area contributed by atoms with E-state index < -0.39 is 17.5 Å². The van der Waals surface area contributed by atoms with Crippen LogP contribution in [-0.2, 0) is 4.79 Å². The van der Waals surface area contributed by atoms with Crippen LogP contribution >= 0.6 is 0 Å². The van der Waals surface area contributed by atoms with Crippen molar-refractivity contribution in [2.24, 2.45) is 5.92 Å². The molecule has 35 heavy (non-hydrogen) atoms. The Morgan fingerprint density at radius 2 is 1.89 bits per heavy atom. The van der Waals surface area contributed by atoms with Gasteiger partial charge in [0.1, 0.15) is 11.6 Å². The van der Waals surface area contributed by atoms with Crippen molar-refractivity contribution in [2.45, 2.75) is 75.9 Å². The average Bonchev–Trinajstić information content (AvgIpc) is 3.36. The van der Waals surface area contributed by atoms with Gasteiger partial charge in [0, 0.05) is 42.8 Å². The van der Waals surface area contributed by atoms with Gasteiger partial charge in [0.15, 0.2) is 11.5 Å². The SMILES string of the molecule is CC1(NC(=O)[C@H]2CN(C3CCCCC3)CC[C@@H]2NC(=O)c2cc(-c3ccc(F)cc3F)on2)CC1. The van der Waals surface area contributed by atoms with Crippen molar-refractivity contribution in [3.63, 3.8) is 0 Å². The lowest BCUT2D eigenvalue weighted by Crippen LogP contribution is -2.58. The highest BCUT2D eigenvalue weighted by Crippen LogP contribution is 2.35. The molecule has 2 heterocycles. The van der Waals surface area contributed by atoms with Crippen LogP contribution in [0.15, 0.2) is 28.8 Å². The Kier molecular flexibility index (Phi) is 6.61. The summed E-state index contributed by atoms with van der Waals surface area (Å²) in [4.78, 5) is 28.7. The minimum Gasteiger partial charge on any atom is -0.355 e. The zero-order chi connectivity index (χ0) is 24.6. The Labute approximate surface area is 203 Å². The number of hydrogen-bond acceptors (Lipinski definition) is 5. The monoisotopic (exact) mass is 486 g/mol. The van der Waals surface area contributed by atoms with Gasteiger partial charge in [0.25, 0.3) is 5.91 Å². The van der Waals surface area contributed by atoms with Crippen LogP contribution in [0, 0.1) is 17.6 Å². The lowest BCUT2D eigenvalue weighted by molar-refractivity contribution is -0.129. The molecule has 188 valence electrons. The second-order valence-electron chi connectivity index (χ2n) is 10.5. The van der Waals surface area contributed by atoms with E-state index in [-0.39, 0.29) is 40.4 Å². The first kappa shape index (κ1) is 23.9. The van der Waals surface area contributed by atoms with E-state index in [0.29, 0.717) is 19.0 Å². The largest absolute Gasteiger partial charge is 0.355 e. The minimum atomic E-state index is -0.798. The van der Waals surface area contributed by atoms with E-state index >= 15 is 0 Å². The van der Waals surface area contributed by atoms with Crippen LogP contribution in [0.5, 0.6) is 0 Å². The molecule has 1 aromatic carbocycles. The number of nitrogens with one attached hydrogen (secondary N) is 2. The summed E-state index contributed by atoms with van der Waals surface area (Å²) in [5.41, 5.74) is -0.126. The molecule has 7 nitrogen and oxygen atoms in total. The fourth-order valence-electron chi connectivity index (χ4n) is 5.34. The summed E-state index contributed by atoms with van der Waals surface area (Å²) in [6.07, 6.45) is 8.63. The maximum absolute atomic E-state index is 14.1. The highest BCUT2D eigenvalue weighted by Gasteiger charge is 2.44. The van der Waals surface area contributed by atoms with E-state index in [0.717, 1.165) is 44.4 Å². The highest BCUT2D eigenvalue weighted by atomic mass is 19.1. The Morgan fingerprint density at radius 3 is 2.60 bits per heavy atom. The summed E-state index contributed by atoms with van der Waals surface area (Å²) in [7, 11) is 0. The van der Waals surface area contributed by atoms with Gasteiger partial charge in [-0.3, -0.25) is 14.5 Å². The third kappa shape index (κ3) is 5.39. The summed E-state index contributed by atoms with van der Waals surface area (Å²) >= 11 is 0. The molecule has 3 fully saturated rings. The molecule has 5 rings (SSSR count). The normalized spacial score (nSPS) is 24.7. The zero-order valence-electron chi connectivity index (χ0n) is 20.0. The van der Waals surface area contributed by atoms with E-state index in [2.05, 4.69) is 20.7 Å². The molecule has 0 spiro atoms. The third-order valence-electron chi connectivity index (χ3n) is 7.75. The summed E-state index contributed by atoms with van der Waals surface area (Å²) < 4.78 is 32.5. The number of likely N-dealkylation sites (tertiary alicyclic amines) is 1. The van der Waals surface area contributed by atoms with Crippen LogP contribution in [0.25, 0.3) is 11.3 Å². The van der Waals surface area contributed by atoms with Crippen molar-refractivity contribution in [1.29, 1.82) is 0 Å². The predicted octanol–water partition coefficient (Wildman–Crippen LogP) is 4.04. The molecule has 2 saturated carbocycles. The number of benzene rings is 1. The molecule has 1 aromatic heterocycles. The molecular formula is C26H32F2N4O3. The molecule has 3 aliphatic rings. The molecule has 2 aromatic rings. The van der Waals surface area contributed by atoms with Gasteiger partial charge in [-0.05, 0) is 51.2 Å². The number of amides is 2. The van der Waals surface area contributed by atoms with Crippen LogP contribution in [0.2, 0.25) is 0 Å². The Hall–Kier alpha value is -2.81. The molecule has 2 N–H and O–H groups in total. The van der Waals surface area contributed by atoms with E-state index in [1.807, 2.05) is 6.92 Å². The zero-order valence-corrected chi connectivity index (χ0v) is 20.0. The minimum absolute atomic E-state index is 0.00764. The second-order valence-corrected chi connectivity index (χ2v) is 10.5. The number of rotatable bonds is 6. The summed E-state index contributed by atoms with van der Waals surface area (Å²) in [6, 6.07) is 4.60. The quantitative estimate of drug-likeness (QED) is 0.644. The molecule has 0 radical (unpaired) electrons. The first-order valence-corrected chi connectivity index (χ1v) is 12.6. The van der Waals surface area contributed by atoms with Gasteiger partial charge in [-0.15, -0.1) is 0 Å². The standard InChI is InChI=1S/C26H32F2N4O3/c1-26(10-11-26)30-24(33)19-15-32(17-5-3-2-4-6-17)12-9-21(19)29-25(34)22-14-23(35-31-22)18-8-7-16(27)13-20(18)28/h7-8,13-14,17,19,21H,2-6,9-12,15H2,1H3,(H,29,34)(H,30,33)/t19-,21-/m0/s1. The number of halogens is 2. The summed E-state index contributed by atoms with van der Waals surface area (Å²) in [5.74, 6) is -2.33. The first-order valence-electron chi connectivity index (χ1n) is 12.6.